The fourth-order valence-electron chi connectivity index (χ4n) is 2.34. The van der Waals surface area contributed by atoms with Gasteiger partial charge in [0.05, 0.1) is 19.3 Å². The van der Waals surface area contributed by atoms with Gasteiger partial charge in [-0.1, -0.05) is 12.1 Å². The molecule has 1 aromatic carbocycles. The van der Waals surface area contributed by atoms with Crippen molar-refractivity contribution >= 4 is 5.91 Å². The summed E-state index contributed by atoms with van der Waals surface area (Å²) in [5.74, 6) is 0.899. The largest absolute Gasteiger partial charge is 0.497 e. The number of amides is 1. The lowest BCUT2D eigenvalue weighted by molar-refractivity contribution is -0.121. The maximum absolute atomic E-state index is 11.9. The summed E-state index contributed by atoms with van der Waals surface area (Å²) >= 11 is 0. The minimum absolute atomic E-state index is 0.0670. The van der Waals surface area contributed by atoms with E-state index in [0.29, 0.717) is 19.5 Å². The number of carbonyl (C=O) groups is 1. The van der Waals surface area contributed by atoms with E-state index in [0.717, 1.165) is 29.1 Å². The molecule has 0 aliphatic heterocycles. The molecule has 0 spiro atoms. The Bertz CT molecular complexity index is 617. The standard InChI is InChI=1S/C17H23N3O2/c1-13-12-14(2)20(19-13)11-10-18-17(21)9-6-15-4-7-16(22-3)8-5-15/h4-5,7-8,12H,6,9-11H2,1-3H3,(H,18,21). The van der Waals surface area contributed by atoms with Gasteiger partial charge in [-0.05, 0) is 44.0 Å². The highest BCUT2D eigenvalue weighted by molar-refractivity contribution is 5.76. The van der Waals surface area contributed by atoms with Crippen molar-refractivity contribution in [2.75, 3.05) is 13.7 Å². The predicted molar refractivity (Wildman–Crippen MR) is 86.0 cm³/mol. The van der Waals surface area contributed by atoms with Gasteiger partial charge in [0, 0.05) is 18.7 Å². The van der Waals surface area contributed by atoms with Crippen LogP contribution < -0.4 is 10.1 Å². The van der Waals surface area contributed by atoms with Gasteiger partial charge in [-0.15, -0.1) is 0 Å². The summed E-state index contributed by atoms with van der Waals surface area (Å²) in [5.41, 5.74) is 3.25. The highest BCUT2D eigenvalue weighted by Gasteiger charge is 2.04. The minimum atomic E-state index is 0.0670. The lowest BCUT2D eigenvalue weighted by Crippen LogP contribution is -2.27. The van der Waals surface area contributed by atoms with Crippen molar-refractivity contribution in [3.05, 3.63) is 47.3 Å². The second-order valence-electron chi connectivity index (χ2n) is 5.35. The molecule has 5 heteroatoms. The van der Waals surface area contributed by atoms with Crippen LogP contribution in [0, 0.1) is 13.8 Å². The van der Waals surface area contributed by atoms with E-state index in [2.05, 4.69) is 10.4 Å². The summed E-state index contributed by atoms with van der Waals surface area (Å²) in [7, 11) is 1.64. The molecule has 0 aliphatic carbocycles. The number of nitrogens with one attached hydrogen (secondary N) is 1. The number of methoxy groups -OCH3 is 1. The zero-order valence-electron chi connectivity index (χ0n) is 13.4. The van der Waals surface area contributed by atoms with Crippen LogP contribution in [0.1, 0.15) is 23.4 Å². The molecular formula is C17H23N3O2. The molecule has 2 aromatic rings. The summed E-state index contributed by atoms with van der Waals surface area (Å²) < 4.78 is 7.03. The molecule has 1 heterocycles. The van der Waals surface area contributed by atoms with E-state index in [-0.39, 0.29) is 5.91 Å². The Morgan fingerprint density at radius 1 is 1.27 bits per heavy atom. The Morgan fingerprint density at radius 2 is 2.00 bits per heavy atom. The molecular weight excluding hydrogens is 278 g/mol. The molecule has 0 saturated heterocycles. The van der Waals surface area contributed by atoms with Gasteiger partial charge in [0.2, 0.25) is 5.91 Å². The van der Waals surface area contributed by atoms with Crippen LogP contribution in [0.2, 0.25) is 0 Å². The zero-order valence-corrected chi connectivity index (χ0v) is 13.4. The Labute approximate surface area is 131 Å². The topological polar surface area (TPSA) is 56.1 Å². The first-order chi connectivity index (χ1) is 10.6. The lowest BCUT2D eigenvalue weighted by Gasteiger charge is -2.07. The Balaban J connectivity index is 1.70. The fourth-order valence-corrected chi connectivity index (χ4v) is 2.34. The van der Waals surface area contributed by atoms with Crippen molar-refractivity contribution in [3.63, 3.8) is 0 Å². The molecule has 0 atom stereocenters. The summed E-state index contributed by atoms with van der Waals surface area (Å²) in [6.45, 7) is 5.29. The van der Waals surface area contributed by atoms with Gasteiger partial charge in [0.1, 0.15) is 5.75 Å². The van der Waals surface area contributed by atoms with Crippen LogP contribution in [0.15, 0.2) is 30.3 Å². The average molecular weight is 301 g/mol. The number of aryl methyl sites for hydroxylation is 3. The van der Waals surface area contributed by atoms with Gasteiger partial charge >= 0.3 is 0 Å². The van der Waals surface area contributed by atoms with Crippen LogP contribution in [0.5, 0.6) is 5.75 Å². The summed E-state index contributed by atoms with van der Waals surface area (Å²) in [6, 6.07) is 9.83. The van der Waals surface area contributed by atoms with E-state index >= 15 is 0 Å². The van der Waals surface area contributed by atoms with E-state index in [9.17, 15) is 4.79 Å². The molecule has 22 heavy (non-hydrogen) atoms. The number of nitrogens with zero attached hydrogens (tertiary/aromatic N) is 2. The van der Waals surface area contributed by atoms with Crippen molar-refractivity contribution < 1.29 is 9.53 Å². The van der Waals surface area contributed by atoms with Crippen molar-refractivity contribution in [2.24, 2.45) is 0 Å². The Morgan fingerprint density at radius 3 is 2.59 bits per heavy atom. The van der Waals surface area contributed by atoms with Crippen LogP contribution >= 0.6 is 0 Å². The molecule has 118 valence electrons. The number of rotatable bonds is 7. The smallest absolute Gasteiger partial charge is 0.220 e. The Hall–Kier alpha value is -2.30. The first-order valence-electron chi connectivity index (χ1n) is 7.49. The first-order valence-corrected chi connectivity index (χ1v) is 7.49. The maximum Gasteiger partial charge on any atom is 0.220 e. The lowest BCUT2D eigenvalue weighted by atomic mass is 10.1. The van der Waals surface area contributed by atoms with Crippen LogP contribution in [0.25, 0.3) is 0 Å². The van der Waals surface area contributed by atoms with E-state index in [1.54, 1.807) is 7.11 Å². The predicted octanol–water partition coefficient (Wildman–Crippen LogP) is 2.26. The molecule has 0 aliphatic rings. The number of aromatic nitrogens is 2. The normalized spacial score (nSPS) is 10.5. The zero-order chi connectivity index (χ0) is 15.9. The van der Waals surface area contributed by atoms with E-state index in [4.69, 9.17) is 4.74 Å². The third-order valence-electron chi connectivity index (χ3n) is 3.55. The van der Waals surface area contributed by atoms with E-state index < -0.39 is 0 Å². The monoisotopic (exact) mass is 301 g/mol. The molecule has 1 aromatic heterocycles. The second-order valence-corrected chi connectivity index (χ2v) is 5.35. The third-order valence-corrected chi connectivity index (χ3v) is 3.55. The number of hydrogen-bond acceptors (Lipinski definition) is 3. The molecule has 1 N–H and O–H groups in total. The van der Waals surface area contributed by atoms with Crippen LogP contribution in [0.3, 0.4) is 0 Å². The minimum Gasteiger partial charge on any atom is -0.497 e. The molecule has 2 rings (SSSR count). The molecule has 0 unspecified atom stereocenters. The van der Waals surface area contributed by atoms with Gasteiger partial charge in [-0.25, -0.2) is 0 Å². The third kappa shape index (κ3) is 4.62. The van der Waals surface area contributed by atoms with Crippen molar-refractivity contribution in [2.45, 2.75) is 33.2 Å². The molecule has 0 fully saturated rings. The van der Waals surface area contributed by atoms with E-state index in [1.165, 1.54) is 0 Å². The second kappa shape index (κ2) is 7.64. The first kappa shape index (κ1) is 16.1. The molecule has 1 amide bonds. The summed E-state index contributed by atoms with van der Waals surface area (Å²) in [6.07, 6.45) is 1.22. The fraction of sp³-hybridized carbons (Fsp3) is 0.412. The Kier molecular flexibility index (Phi) is 5.58. The van der Waals surface area contributed by atoms with Crippen molar-refractivity contribution in [3.8, 4) is 5.75 Å². The van der Waals surface area contributed by atoms with Gasteiger partial charge in [-0.3, -0.25) is 9.48 Å². The van der Waals surface area contributed by atoms with Crippen LogP contribution in [0.4, 0.5) is 0 Å². The number of carbonyl (C=O) groups excluding carboxylic acids is 1. The van der Waals surface area contributed by atoms with Gasteiger partial charge in [-0.2, -0.15) is 5.10 Å². The molecule has 5 nitrogen and oxygen atoms in total. The highest BCUT2D eigenvalue weighted by atomic mass is 16.5. The highest BCUT2D eigenvalue weighted by Crippen LogP contribution is 2.12. The van der Waals surface area contributed by atoms with Crippen LogP contribution in [-0.4, -0.2) is 29.3 Å². The van der Waals surface area contributed by atoms with Crippen molar-refractivity contribution in [1.82, 2.24) is 15.1 Å². The van der Waals surface area contributed by atoms with Gasteiger partial charge in [0.15, 0.2) is 0 Å². The maximum atomic E-state index is 11.9. The molecule has 0 bridgehead atoms. The number of ether oxygens (including phenoxy) is 1. The summed E-state index contributed by atoms with van der Waals surface area (Å²) in [4.78, 5) is 11.9. The van der Waals surface area contributed by atoms with E-state index in [1.807, 2.05) is 48.9 Å². The quantitative estimate of drug-likeness (QED) is 0.853. The SMILES string of the molecule is COc1ccc(CCC(=O)NCCn2nc(C)cc2C)cc1. The van der Waals surface area contributed by atoms with Crippen LogP contribution in [-0.2, 0) is 17.8 Å². The molecule has 0 saturated carbocycles. The van der Waals surface area contributed by atoms with Gasteiger partial charge < -0.3 is 10.1 Å². The average Bonchev–Trinajstić information content (AvgIpc) is 2.83. The number of benzene rings is 1. The molecule has 0 radical (unpaired) electrons. The number of hydrogen-bond donors (Lipinski definition) is 1. The van der Waals surface area contributed by atoms with Gasteiger partial charge in [0.25, 0.3) is 0 Å². The van der Waals surface area contributed by atoms with Crippen molar-refractivity contribution in [1.29, 1.82) is 0 Å². The summed E-state index contributed by atoms with van der Waals surface area (Å²) in [5, 5.41) is 7.31.